The second-order valence-electron chi connectivity index (χ2n) is 8.53. The number of aryl methyl sites for hydroxylation is 1. The number of carbonyl (C=O) groups excluding carboxylic acids is 1. The molecule has 1 saturated heterocycles. The van der Waals surface area contributed by atoms with E-state index in [0.29, 0.717) is 43.1 Å². The maximum atomic E-state index is 14.1. The highest BCUT2D eigenvalue weighted by atomic mass is 32.2. The Hall–Kier alpha value is -3.39. The number of sulfonamides is 1. The van der Waals surface area contributed by atoms with E-state index in [2.05, 4.69) is 6.92 Å². The molecule has 0 bridgehead atoms. The Balaban J connectivity index is 1.39. The van der Waals surface area contributed by atoms with E-state index < -0.39 is 10.0 Å². The van der Waals surface area contributed by atoms with E-state index in [4.69, 9.17) is 0 Å². The summed E-state index contributed by atoms with van der Waals surface area (Å²) in [5.41, 5.74) is 3.63. The first-order valence-corrected chi connectivity index (χ1v) is 12.9. The predicted octanol–water partition coefficient (Wildman–Crippen LogP) is 3.91. The van der Waals surface area contributed by atoms with Gasteiger partial charge < -0.3 is 9.80 Å². The normalized spacial score (nSPS) is 16.7. The molecule has 0 aliphatic carbocycles. The van der Waals surface area contributed by atoms with Crippen LogP contribution in [-0.2, 0) is 21.2 Å². The van der Waals surface area contributed by atoms with E-state index in [1.807, 2.05) is 29.2 Å². The minimum Gasteiger partial charge on any atom is -0.366 e. The Morgan fingerprint density at radius 1 is 0.882 bits per heavy atom. The molecule has 1 fully saturated rings. The quantitative estimate of drug-likeness (QED) is 0.569. The van der Waals surface area contributed by atoms with Crippen molar-refractivity contribution >= 4 is 27.3 Å². The van der Waals surface area contributed by atoms with Crippen LogP contribution in [0.1, 0.15) is 12.5 Å². The number of piperazine rings is 1. The van der Waals surface area contributed by atoms with Gasteiger partial charge in [0, 0.05) is 37.3 Å². The van der Waals surface area contributed by atoms with Crippen LogP contribution in [0.25, 0.3) is 11.1 Å². The third kappa shape index (κ3) is 3.81. The van der Waals surface area contributed by atoms with Gasteiger partial charge in [0.2, 0.25) is 5.91 Å². The summed E-state index contributed by atoms with van der Waals surface area (Å²) in [5.74, 6) is -0.551. The van der Waals surface area contributed by atoms with Crippen LogP contribution in [0.5, 0.6) is 0 Å². The number of anilines is 2. The Bertz CT molecular complexity index is 1350. The molecule has 8 heteroatoms. The van der Waals surface area contributed by atoms with E-state index in [0.717, 1.165) is 17.5 Å². The molecular weight excluding hydrogens is 453 g/mol. The van der Waals surface area contributed by atoms with E-state index in [-0.39, 0.29) is 23.2 Å². The fourth-order valence-corrected chi connectivity index (χ4v) is 6.34. The third-order valence-corrected chi connectivity index (χ3v) is 8.41. The van der Waals surface area contributed by atoms with Gasteiger partial charge in [-0.05, 0) is 42.3 Å². The summed E-state index contributed by atoms with van der Waals surface area (Å²) in [6.07, 6.45) is 0.827. The zero-order valence-electron chi connectivity index (χ0n) is 18.9. The number of benzene rings is 3. The molecule has 2 heterocycles. The largest absolute Gasteiger partial charge is 0.366 e. The Kier molecular flexibility index (Phi) is 5.77. The zero-order chi connectivity index (χ0) is 23.9. The molecule has 0 N–H and O–H groups in total. The first kappa shape index (κ1) is 22.4. The minimum absolute atomic E-state index is 0.216. The lowest BCUT2D eigenvalue weighted by Crippen LogP contribution is -2.52. The van der Waals surface area contributed by atoms with Gasteiger partial charge in [-0.3, -0.25) is 9.10 Å². The highest BCUT2D eigenvalue weighted by Crippen LogP contribution is 2.43. The first-order chi connectivity index (χ1) is 16.4. The van der Waals surface area contributed by atoms with Gasteiger partial charge in [0.25, 0.3) is 10.0 Å². The summed E-state index contributed by atoms with van der Waals surface area (Å²) >= 11 is 0. The topological polar surface area (TPSA) is 60.9 Å². The molecule has 3 aromatic carbocycles. The minimum atomic E-state index is -3.88. The number of hydrogen-bond acceptors (Lipinski definition) is 4. The lowest BCUT2D eigenvalue weighted by atomic mass is 9.99. The number of hydrogen-bond donors (Lipinski definition) is 0. The fourth-order valence-electron chi connectivity index (χ4n) is 4.70. The maximum absolute atomic E-state index is 14.1. The number of halogens is 1. The van der Waals surface area contributed by atoms with Gasteiger partial charge in [-0.1, -0.05) is 43.3 Å². The second-order valence-corrected chi connectivity index (χ2v) is 10.4. The monoisotopic (exact) mass is 479 g/mol. The summed E-state index contributed by atoms with van der Waals surface area (Å²) in [4.78, 5) is 17.0. The van der Waals surface area contributed by atoms with Gasteiger partial charge in [0.05, 0.1) is 16.3 Å². The average Bonchev–Trinajstić information content (AvgIpc) is 2.86. The van der Waals surface area contributed by atoms with Gasteiger partial charge >= 0.3 is 0 Å². The molecule has 0 spiro atoms. The SMILES string of the molecule is CCc1ccc2c(c1)-c1ccccc1S(=O)(=O)N2CC(=O)N1CCN(c2ccccc2F)CC1. The number of para-hydroxylation sites is 1. The van der Waals surface area contributed by atoms with Crippen LogP contribution in [0.3, 0.4) is 0 Å². The van der Waals surface area contributed by atoms with Crippen LogP contribution in [0.2, 0.25) is 0 Å². The predicted molar refractivity (Wildman–Crippen MR) is 131 cm³/mol. The van der Waals surface area contributed by atoms with Crippen LogP contribution in [-0.4, -0.2) is 51.9 Å². The van der Waals surface area contributed by atoms with Crippen LogP contribution >= 0.6 is 0 Å². The van der Waals surface area contributed by atoms with Crippen molar-refractivity contribution < 1.29 is 17.6 Å². The standard InChI is InChI=1S/C26H26FN3O3S/c1-2-19-11-12-23-21(17-19)20-7-3-6-10-25(20)34(32,33)30(23)18-26(31)29-15-13-28(14-16-29)24-9-5-4-8-22(24)27/h3-12,17H,2,13-16,18H2,1H3. The van der Waals surface area contributed by atoms with Crippen molar-refractivity contribution in [2.24, 2.45) is 0 Å². The summed E-state index contributed by atoms with van der Waals surface area (Å²) in [7, 11) is -3.88. The lowest BCUT2D eigenvalue weighted by Gasteiger charge is -2.38. The number of carbonyl (C=O) groups is 1. The molecule has 2 aliphatic heterocycles. The van der Waals surface area contributed by atoms with E-state index >= 15 is 0 Å². The number of fused-ring (bicyclic) bond motifs is 3. The molecule has 3 aromatic rings. The molecule has 2 aliphatic rings. The van der Waals surface area contributed by atoms with Gasteiger partial charge in [-0.25, -0.2) is 12.8 Å². The van der Waals surface area contributed by atoms with Crippen molar-refractivity contribution in [2.75, 3.05) is 41.9 Å². The molecule has 0 saturated carbocycles. The summed E-state index contributed by atoms with van der Waals surface area (Å²) in [6, 6.07) is 19.2. The Labute approximate surface area is 199 Å². The number of rotatable bonds is 4. The number of amides is 1. The fraction of sp³-hybridized carbons (Fsp3) is 0.269. The van der Waals surface area contributed by atoms with Crippen LogP contribution in [0, 0.1) is 5.82 Å². The molecule has 5 rings (SSSR count). The Morgan fingerprint density at radius 3 is 2.32 bits per heavy atom. The van der Waals surface area contributed by atoms with Crippen molar-refractivity contribution in [3.8, 4) is 11.1 Å². The molecule has 0 unspecified atom stereocenters. The smallest absolute Gasteiger partial charge is 0.265 e. The molecule has 0 atom stereocenters. The van der Waals surface area contributed by atoms with Crippen molar-refractivity contribution in [1.82, 2.24) is 4.90 Å². The van der Waals surface area contributed by atoms with Gasteiger partial charge in [0.15, 0.2) is 0 Å². The maximum Gasteiger partial charge on any atom is 0.265 e. The van der Waals surface area contributed by atoms with Crippen molar-refractivity contribution in [3.63, 3.8) is 0 Å². The van der Waals surface area contributed by atoms with E-state index in [9.17, 15) is 17.6 Å². The molecule has 0 aromatic heterocycles. The van der Waals surface area contributed by atoms with Crippen LogP contribution in [0.4, 0.5) is 15.8 Å². The van der Waals surface area contributed by atoms with E-state index in [1.54, 1.807) is 41.3 Å². The Morgan fingerprint density at radius 2 is 1.59 bits per heavy atom. The van der Waals surface area contributed by atoms with Gasteiger partial charge in [-0.15, -0.1) is 0 Å². The number of nitrogens with zero attached hydrogens (tertiary/aromatic N) is 3. The average molecular weight is 480 g/mol. The zero-order valence-corrected chi connectivity index (χ0v) is 19.8. The molecule has 34 heavy (non-hydrogen) atoms. The van der Waals surface area contributed by atoms with Crippen molar-refractivity contribution in [1.29, 1.82) is 0 Å². The molecular formula is C26H26FN3O3S. The molecule has 0 radical (unpaired) electrons. The highest BCUT2D eigenvalue weighted by molar-refractivity contribution is 7.93. The second kappa shape index (κ2) is 8.76. The van der Waals surface area contributed by atoms with Crippen molar-refractivity contribution in [3.05, 3.63) is 78.1 Å². The highest BCUT2D eigenvalue weighted by Gasteiger charge is 2.37. The molecule has 1 amide bonds. The van der Waals surface area contributed by atoms with Gasteiger partial charge in [0.1, 0.15) is 12.4 Å². The molecule has 6 nitrogen and oxygen atoms in total. The summed E-state index contributed by atoms with van der Waals surface area (Å²) < 4.78 is 42.4. The third-order valence-electron chi connectivity index (χ3n) is 6.59. The first-order valence-electron chi connectivity index (χ1n) is 11.4. The van der Waals surface area contributed by atoms with Crippen LogP contribution in [0.15, 0.2) is 71.6 Å². The lowest BCUT2D eigenvalue weighted by molar-refractivity contribution is -0.129. The van der Waals surface area contributed by atoms with Crippen molar-refractivity contribution in [2.45, 2.75) is 18.2 Å². The van der Waals surface area contributed by atoms with E-state index in [1.165, 1.54) is 10.4 Å². The summed E-state index contributed by atoms with van der Waals surface area (Å²) in [6.45, 7) is 3.56. The summed E-state index contributed by atoms with van der Waals surface area (Å²) in [5, 5.41) is 0. The molecule has 176 valence electrons. The van der Waals surface area contributed by atoms with Gasteiger partial charge in [-0.2, -0.15) is 0 Å². The van der Waals surface area contributed by atoms with Crippen LogP contribution < -0.4 is 9.21 Å².